The van der Waals surface area contributed by atoms with Crippen LogP contribution in [0.1, 0.15) is 37.8 Å². The summed E-state index contributed by atoms with van der Waals surface area (Å²) < 4.78 is 10.6. The predicted octanol–water partition coefficient (Wildman–Crippen LogP) is 3.30. The topological polar surface area (TPSA) is 85.8 Å². The van der Waals surface area contributed by atoms with Crippen LogP contribution in [0.4, 0.5) is 0 Å². The van der Waals surface area contributed by atoms with Crippen molar-refractivity contribution in [2.24, 2.45) is 11.7 Å². The van der Waals surface area contributed by atoms with Gasteiger partial charge < -0.3 is 19.8 Å². The molecule has 1 heterocycles. The second-order valence-electron chi connectivity index (χ2n) is 7.37. The highest BCUT2D eigenvalue weighted by Crippen LogP contribution is 2.24. The number of methoxy groups -OCH3 is 1. The number of halogens is 1. The molecule has 2 N–H and O–H groups in total. The van der Waals surface area contributed by atoms with Crippen molar-refractivity contribution < 1.29 is 13.9 Å². The fourth-order valence-electron chi connectivity index (χ4n) is 3.01. The van der Waals surface area contributed by atoms with Gasteiger partial charge in [0.2, 0.25) is 5.91 Å². The lowest BCUT2D eigenvalue weighted by Gasteiger charge is -2.21. The number of carbonyl (C=O) groups excluding carboxylic acids is 1. The van der Waals surface area contributed by atoms with E-state index in [1.165, 1.54) is 0 Å². The van der Waals surface area contributed by atoms with Crippen molar-refractivity contribution in [2.75, 3.05) is 20.7 Å². The van der Waals surface area contributed by atoms with Gasteiger partial charge in [-0.3, -0.25) is 4.79 Å². The van der Waals surface area contributed by atoms with Gasteiger partial charge in [-0.2, -0.15) is 0 Å². The van der Waals surface area contributed by atoms with E-state index in [4.69, 9.17) is 14.9 Å². The summed E-state index contributed by atoms with van der Waals surface area (Å²) in [5.41, 5.74) is 7.53. The molecule has 0 aliphatic rings. The van der Waals surface area contributed by atoms with E-state index in [1.54, 1.807) is 25.1 Å². The second kappa shape index (κ2) is 10.5. The normalized spacial score (nSPS) is 12.0. The number of hydrogen-bond donors (Lipinski definition) is 1. The Kier molecular flexibility index (Phi) is 8.98. The Labute approximate surface area is 172 Å². The molecule has 0 radical (unpaired) electrons. The number of aryl methyl sites for hydroxylation is 1. The third kappa shape index (κ3) is 5.72. The van der Waals surface area contributed by atoms with Gasteiger partial charge in [-0.15, -0.1) is 12.4 Å². The maximum Gasteiger partial charge on any atom is 0.339 e. The summed E-state index contributed by atoms with van der Waals surface area (Å²) in [6.07, 6.45) is 1.38. The molecule has 6 nitrogen and oxygen atoms in total. The molecule has 0 aliphatic carbocycles. The predicted molar refractivity (Wildman–Crippen MR) is 114 cm³/mol. The number of benzene rings is 1. The Morgan fingerprint density at radius 1 is 1.32 bits per heavy atom. The Morgan fingerprint density at radius 3 is 2.61 bits per heavy atom. The van der Waals surface area contributed by atoms with Crippen molar-refractivity contribution in [3.8, 4) is 5.75 Å². The first-order chi connectivity index (χ1) is 12.7. The summed E-state index contributed by atoms with van der Waals surface area (Å²) in [6.45, 7) is 6.65. The number of nitrogens with two attached hydrogens (primary N) is 1. The van der Waals surface area contributed by atoms with Crippen LogP contribution in [0.5, 0.6) is 5.75 Å². The van der Waals surface area contributed by atoms with E-state index in [0.29, 0.717) is 35.8 Å². The number of ether oxygens (including phenoxy) is 1. The molecule has 0 saturated carbocycles. The second-order valence-corrected chi connectivity index (χ2v) is 7.37. The first-order valence-corrected chi connectivity index (χ1v) is 9.34. The molecule has 156 valence electrons. The van der Waals surface area contributed by atoms with Gasteiger partial charge in [0.1, 0.15) is 11.3 Å². The lowest BCUT2D eigenvalue weighted by atomic mass is 10.0. The average Bonchev–Trinajstić information content (AvgIpc) is 2.64. The quantitative estimate of drug-likeness (QED) is 0.675. The highest BCUT2D eigenvalue weighted by Gasteiger charge is 2.16. The third-order valence-corrected chi connectivity index (χ3v) is 5.16. The van der Waals surface area contributed by atoms with E-state index in [1.807, 2.05) is 19.1 Å². The molecule has 1 aromatic carbocycles. The smallest absolute Gasteiger partial charge is 0.339 e. The van der Waals surface area contributed by atoms with Crippen molar-refractivity contribution in [3.05, 3.63) is 39.7 Å². The molecule has 0 bridgehead atoms. The molecule has 0 aliphatic heterocycles. The first-order valence-electron chi connectivity index (χ1n) is 9.34. The molecular weight excluding hydrogens is 380 g/mol. The van der Waals surface area contributed by atoms with E-state index in [0.717, 1.165) is 17.4 Å². The molecule has 2 rings (SSSR count). The van der Waals surface area contributed by atoms with Crippen LogP contribution in [0, 0.1) is 12.8 Å². The standard InChI is InChI=1S/C21H30N2O4.ClH/c1-13(2)18(22)10-11-23(4)20(24)9-8-17-14(3)16-7-6-15(26-5)12-19(16)27-21(17)25;/h6-7,12-13,18H,8-11,22H2,1-5H3;1H. The van der Waals surface area contributed by atoms with Crippen LogP contribution in [-0.4, -0.2) is 37.6 Å². The first kappa shape index (κ1) is 24.0. The van der Waals surface area contributed by atoms with E-state index < -0.39 is 5.63 Å². The molecule has 1 aromatic heterocycles. The van der Waals surface area contributed by atoms with Crippen molar-refractivity contribution in [3.63, 3.8) is 0 Å². The van der Waals surface area contributed by atoms with Gasteiger partial charge in [-0.25, -0.2) is 4.79 Å². The van der Waals surface area contributed by atoms with Crippen LogP contribution in [0.2, 0.25) is 0 Å². The Balaban J connectivity index is 0.00000392. The minimum atomic E-state index is -0.398. The summed E-state index contributed by atoms with van der Waals surface area (Å²) in [5.74, 6) is 1.02. The SMILES string of the molecule is COc1ccc2c(C)c(CCC(=O)N(C)CCC(N)C(C)C)c(=O)oc2c1.Cl. The fourth-order valence-corrected chi connectivity index (χ4v) is 3.01. The minimum absolute atomic E-state index is 0. The lowest BCUT2D eigenvalue weighted by molar-refractivity contribution is -0.129. The molecule has 2 aromatic rings. The van der Waals surface area contributed by atoms with Crippen LogP contribution in [0.25, 0.3) is 11.0 Å². The van der Waals surface area contributed by atoms with Crippen LogP contribution in [-0.2, 0) is 11.2 Å². The molecule has 0 saturated heterocycles. The zero-order valence-electron chi connectivity index (χ0n) is 17.3. The summed E-state index contributed by atoms with van der Waals surface area (Å²) in [4.78, 5) is 26.5. The van der Waals surface area contributed by atoms with E-state index in [-0.39, 0.29) is 30.8 Å². The summed E-state index contributed by atoms with van der Waals surface area (Å²) in [5, 5.41) is 0.856. The zero-order chi connectivity index (χ0) is 20.1. The van der Waals surface area contributed by atoms with Crippen molar-refractivity contribution in [1.82, 2.24) is 4.90 Å². The number of carbonyl (C=O) groups is 1. The van der Waals surface area contributed by atoms with E-state index >= 15 is 0 Å². The Morgan fingerprint density at radius 2 is 2.00 bits per heavy atom. The number of amides is 1. The minimum Gasteiger partial charge on any atom is -0.497 e. The van der Waals surface area contributed by atoms with Crippen molar-refractivity contribution in [1.29, 1.82) is 0 Å². The maximum absolute atomic E-state index is 12.4. The van der Waals surface area contributed by atoms with Crippen molar-refractivity contribution in [2.45, 2.75) is 46.1 Å². The molecule has 7 heteroatoms. The Bertz CT molecular complexity index is 863. The summed E-state index contributed by atoms with van der Waals surface area (Å²) >= 11 is 0. The highest BCUT2D eigenvalue weighted by atomic mass is 35.5. The van der Waals surface area contributed by atoms with Crippen molar-refractivity contribution >= 4 is 29.3 Å². The highest BCUT2D eigenvalue weighted by molar-refractivity contribution is 5.85. The molecular formula is C21H31ClN2O4. The largest absolute Gasteiger partial charge is 0.497 e. The molecule has 1 amide bonds. The third-order valence-electron chi connectivity index (χ3n) is 5.16. The van der Waals surface area contributed by atoms with Crippen LogP contribution in [0.3, 0.4) is 0 Å². The van der Waals surface area contributed by atoms with Gasteiger partial charge in [0.05, 0.1) is 7.11 Å². The van der Waals surface area contributed by atoms with Crippen LogP contribution >= 0.6 is 12.4 Å². The number of fused-ring (bicyclic) bond motifs is 1. The maximum atomic E-state index is 12.4. The molecule has 1 unspecified atom stereocenters. The molecule has 1 atom stereocenters. The average molecular weight is 411 g/mol. The van der Waals surface area contributed by atoms with Crippen LogP contribution in [0.15, 0.2) is 27.4 Å². The van der Waals surface area contributed by atoms with Gasteiger partial charge in [-0.1, -0.05) is 13.8 Å². The molecule has 0 fully saturated rings. The summed E-state index contributed by atoms with van der Waals surface area (Å²) in [7, 11) is 3.34. The number of rotatable bonds is 8. The zero-order valence-corrected chi connectivity index (χ0v) is 18.1. The van der Waals surface area contributed by atoms with E-state index in [9.17, 15) is 9.59 Å². The van der Waals surface area contributed by atoms with Gasteiger partial charge in [0.15, 0.2) is 0 Å². The van der Waals surface area contributed by atoms with Gasteiger partial charge in [-0.05, 0) is 43.4 Å². The van der Waals surface area contributed by atoms with Gasteiger partial charge >= 0.3 is 5.63 Å². The molecule has 0 spiro atoms. The lowest BCUT2D eigenvalue weighted by Crippen LogP contribution is -2.34. The van der Waals surface area contributed by atoms with E-state index in [2.05, 4.69) is 13.8 Å². The van der Waals surface area contributed by atoms with Crippen LogP contribution < -0.4 is 16.1 Å². The monoisotopic (exact) mass is 410 g/mol. The fraction of sp³-hybridized carbons (Fsp3) is 0.524. The van der Waals surface area contributed by atoms with Gasteiger partial charge in [0.25, 0.3) is 0 Å². The Hall–Kier alpha value is -2.05. The summed E-state index contributed by atoms with van der Waals surface area (Å²) in [6, 6.07) is 5.48. The molecule has 28 heavy (non-hydrogen) atoms. The van der Waals surface area contributed by atoms with Gasteiger partial charge in [0, 0.05) is 43.1 Å². The number of hydrogen-bond acceptors (Lipinski definition) is 5. The number of nitrogens with zero attached hydrogens (tertiary/aromatic N) is 1.